The van der Waals surface area contributed by atoms with Crippen molar-refractivity contribution in [2.24, 2.45) is 7.05 Å². The molecule has 6 nitrogen and oxygen atoms in total. The molecule has 0 radical (unpaired) electrons. The number of Topliss-reactive ketones (excluding diaryl/α,β-unsaturated/α-hetero) is 1. The molecule has 2 saturated heterocycles. The Bertz CT molecular complexity index is 783. The molecule has 4 rings (SSSR count). The summed E-state index contributed by atoms with van der Waals surface area (Å²) in [5, 5.41) is 4.64. The van der Waals surface area contributed by atoms with Crippen LogP contribution in [0.5, 0.6) is 0 Å². The zero-order chi connectivity index (χ0) is 15.3. The molecule has 2 aromatic rings. The van der Waals surface area contributed by atoms with Crippen molar-refractivity contribution < 1.29 is 14.3 Å². The van der Waals surface area contributed by atoms with Gasteiger partial charge in [-0.25, -0.2) is 4.68 Å². The van der Waals surface area contributed by atoms with Crippen molar-refractivity contribution in [1.82, 2.24) is 14.3 Å². The van der Waals surface area contributed by atoms with E-state index < -0.39 is 6.29 Å². The van der Waals surface area contributed by atoms with Gasteiger partial charge in [-0.05, 0) is 12.2 Å². The van der Waals surface area contributed by atoms with E-state index in [9.17, 15) is 4.79 Å². The van der Waals surface area contributed by atoms with Crippen LogP contribution in [-0.2, 0) is 21.3 Å². The van der Waals surface area contributed by atoms with Gasteiger partial charge >= 0.3 is 0 Å². The van der Waals surface area contributed by atoms with Gasteiger partial charge in [0.25, 0.3) is 0 Å². The number of carbonyl (C=O) groups is 1. The van der Waals surface area contributed by atoms with Crippen molar-refractivity contribution in [3.63, 3.8) is 0 Å². The highest BCUT2D eigenvalue weighted by molar-refractivity contribution is 7.71. The molecule has 3 heterocycles. The van der Waals surface area contributed by atoms with Crippen molar-refractivity contribution >= 4 is 18.0 Å². The number of carbonyl (C=O) groups excluding carboxylic acids is 1. The molecule has 1 aromatic heterocycles. The topological polar surface area (TPSA) is 58.3 Å². The number of hydrogen-bond donors (Lipinski definition) is 0. The second-order valence-corrected chi connectivity index (χ2v) is 5.92. The summed E-state index contributed by atoms with van der Waals surface area (Å²) in [5.41, 5.74) is 0.985. The molecule has 0 saturated carbocycles. The number of ether oxygens (including phenoxy) is 2. The lowest BCUT2D eigenvalue weighted by Gasteiger charge is -2.26. The summed E-state index contributed by atoms with van der Waals surface area (Å²) in [4.78, 5) is 12.0. The first kappa shape index (κ1) is 13.8. The lowest BCUT2D eigenvalue weighted by molar-refractivity contribution is -0.156. The number of aromatic nitrogens is 3. The molecule has 7 heteroatoms. The maximum absolute atomic E-state index is 12.0. The summed E-state index contributed by atoms with van der Waals surface area (Å²) in [6, 6.07) is 9.64. The second kappa shape index (κ2) is 5.12. The normalized spacial score (nSPS) is 27.3. The van der Waals surface area contributed by atoms with Crippen molar-refractivity contribution in [3.05, 3.63) is 35.1 Å². The van der Waals surface area contributed by atoms with Crippen LogP contribution in [0.1, 0.15) is 12.5 Å². The maximum Gasteiger partial charge on any atom is 0.218 e. The Kier molecular flexibility index (Phi) is 3.21. The van der Waals surface area contributed by atoms with Gasteiger partial charge in [0.15, 0.2) is 16.4 Å². The van der Waals surface area contributed by atoms with Crippen LogP contribution in [0, 0.1) is 4.77 Å². The molecule has 0 aliphatic carbocycles. The van der Waals surface area contributed by atoms with Gasteiger partial charge in [0.1, 0.15) is 6.10 Å². The molecule has 1 unspecified atom stereocenters. The fourth-order valence-electron chi connectivity index (χ4n) is 2.98. The predicted octanol–water partition coefficient (Wildman–Crippen LogP) is 1.87. The predicted molar refractivity (Wildman–Crippen MR) is 80.7 cm³/mol. The molecule has 1 aromatic carbocycles. The molecule has 3 atom stereocenters. The maximum atomic E-state index is 12.0. The highest BCUT2D eigenvalue weighted by Gasteiger charge is 2.45. The average molecular weight is 317 g/mol. The van der Waals surface area contributed by atoms with Crippen LogP contribution in [0.3, 0.4) is 0 Å². The molecule has 0 spiro atoms. The molecule has 2 aliphatic rings. The van der Waals surface area contributed by atoms with Gasteiger partial charge in [-0.2, -0.15) is 5.10 Å². The molecule has 0 N–H and O–H groups in total. The van der Waals surface area contributed by atoms with Crippen molar-refractivity contribution in [3.8, 4) is 11.4 Å². The molecular formula is C15H15N3O3S. The Morgan fingerprint density at radius 1 is 1.32 bits per heavy atom. The first-order chi connectivity index (χ1) is 10.6. The van der Waals surface area contributed by atoms with Gasteiger partial charge < -0.3 is 14.0 Å². The minimum Gasteiger partial charge on any atom is -0.343 e. The first-order valence-electron chi connectivity index (χ1n) is 7.16. The summed E-state index contributed by atoms with van der Waals surface area (Å²) in [6.45, 7) is 0.403. The molecule has 22 heavy (non-hydrogen) atoms. The summed E-state index contributed by atoms with van der Waals surface area (Å²) in [7, 11) is 1.88. The van der Waals surface area contributed by atoms with E-state index in [4.69, 9.17) is 21.7 Å². The van der Waals surface area contributed by atoms with E-state index in [1.54, 1.807) is 4.68 Å². The van der Waals surface area contributed by atoms with Crippen LogP contribution in [-0.4, -0.2) is 39.1 Å². The number of rotatable bonds is 2. The van der Waals surface area contributed by atoms with Crippen LogP contribution in [0.4, 0.5) is 0 Å². The smallest absolute Gasteiger partial charge is 0.218 e. The van der Waals surface area contributed by atoms with Crippen molar-refractivity contribution in [2.45, 2.75) is 24.9 Å². The number of ketones is 1. The third-order valence-electron chi connectivity index (χ3n) is 4.16. The number of fused-ring (bicyclic) bond motifs is 2. The first-order valence-corrected chi connectivity index (χ1v) is 7.56. The van der Waals surface area contributed by atoms with Gasteiger partial charge in [-0.3, -0.25) is 4.79 Å². The lowest BCUT2D eigenvalue weighted by atomic mass is 10.0. The van der Waals surface area contributed by atoms with Gasteiger partial charge in [0.2, 0.25) is 6.29 Å². The Morgan fingerprint density at radius 3 is 2.86 bits per heavy atom. The van der Waals surface area contributed by atoms with Crippen LogP contribution >= 0.6 is 12.2 Å². The Morgan fingerprint density at radius 2 is 2.09 bits per heavy atom. The van der Waals surface area contributed by atoms with E-state index in [1.807, 2.05) is 41.9 Å². The minimum absolute atomic E-state index is 0.0486. The van der Waals surface area contributed by atoms with E-state index in [0.29, 0.717) is 17.8 Å². The lowest BCUT2D eigenvalue weighted by Crippen LogP contribution is -2.37. The van der Waals surface area contributed by atoms with Crippen molar-refractivity contribution in [1.29, 1.82) is 0 Å². The Hall–Kier alpha value is -1.83. The molecule has 114 valence electrons. The summed E-state index contributed by atoms with van der Waals surface area (Å²) < 4.78 is 15.1. The van der Waals surface area contributed by atoms with Crippen LogP contribution in [0.25, 0.3) is 11.4 Å². The fraction of sp³-hybridized carbons (Fsp3) is 0.400. The summed E-state index contributed by atoms with van der Waals surface area (Å²) >= 11 is 5.50. The van der Waals surface area contributed by atoms with Crippen LogP contribution in [0.15, 0.2) is 30.3 Å². The SMILES string of the molecule is Cn1c(-c2ccccc2)nn(C2CC(=O)[C@@H]3OC[C@H]2O3)c1=S. The zero-order valence-electron chi connectivity index (χ0n) is 12.0. The molecule has 2 bridgehead atoms. The Labute approximate surface area is 132 Å². The van der Waals surface area contributed by atoms with Crippen LogP contribution < -0.4 is 0 Å². The van der Waals surface area contributed by atoms with Gasteiger partial charge in [-0.1, -0.05) is 30.3 Å². The van der Waals surface area contributed by atoms with E-state index in [-0.39, 0.29) is 17.9 Å². The van der Waals surface area contributed by atoms with Gasteiger partial charge in [-0.15, -0.1) is 0 Å². The fourth-order valence-corrected chi connectivity index (χ4v) is 3.24. The van der Waals surface area contributed by atoms with E-state index in [0.717, 1.165) is 11.4 Å². The highest BCUT2D eigenvalue weighted by Crippen LogP contribution is 2.33. The van der Waals surface area contributed by atoms with Gasteiger partial charge in [0.05, 0.1) is 12.6 Å². The highest BCUT2D eigenvalue weighted by atomic mass is 32.1. The molecule has 0 amide bonds. The monoisotopic (exact) mass is 317 g/mol. The zero-order valence-corrected chi connectivity index (χ0v) is 12.8. The standard InChI is InChI=1S/C15H15N3O3S/c1-17-13(9-5-3-2-4-6-9)16-18(15(17)22)10-7-11(19)14-20-8-12(10)21-14/h2-6,10,12,14H,7-8H2,1H3/t10?,12-,14-/m1/s1. The second-order valence-electron chi connectivity index (χ2n) is 5.55. The summed E-state index contributed by atoms with van der Waals surface area (Å²) in [5.74, 6) is 0.728. The average Bonchev–Trinajstić information content (AvgIpc) is 3.09. The van der Waals surface area contributed by atoms with Crippen molar-refractivity contribution in [2.75, 3.05) is 6.61 Å². The molecule has 2 fully saturated rings. The van der Waals surface area contributed by atoms with E-state index in [2.05, 4.69) is 5.10 Å². The third kappa shape index (κ3) is 2.05. The number of hydrogen-bond acceptors (Lipinski definition) is 5. The third-order valence-corrected chi connectivity index (χ3v) is 4.62. The van der Waals surface area contributed by atoms with E-state index in [1.165, 1.54) is 0 Å². The quantitative estimate of drug-likeness (QED) is 0.792. The minimum atomic E-state index is -0.701. The summed E-state index contributed by atoms with van der Waals surface area (Å²) in [6.07, 6.45) is -0.532. The molecule has 2 aliphatic heterocycles. The number of nitrogens with zero attached hydrogens (tertiary/aromatic N) is 3. The van der Waals surface area contributed by atoms with Crippen LogP contribution in [0.2, 0.25) is 0 Å². The van der Waals surface area contributed by atoms with E-state index >= 15 is 0 Å². The number of benzene rings is 1. The van der Waals surface area contributed by atoms with Gasteiger partial charge in [0, 0.05) is 19.0 Å². The Balaban J connectivity index is 1.77. The molecular weight excluding hydrogens is 302 g/mol. The largest absolute Gasteiger partial charge is 0.343 e.